The number of methoxy groups -OCH3 is 1. The molecule has 1 aromatic carbocycles. The van der Waals surface area contributed by atoms with E-state index < -0.39 is 15.6 Å². The second-order valence-electron chi connectivity index (χ2n) is 5.41. The van der Waals surface area contributed by atoms with Crippen molar-refractivity contribution in [2.45, 2.75) is 30.8 Å². The summed E-state index contributed by atoms with van der Waals surface area (Å²) in [4.78, 5) is 0.788. The van der Waals surface area contributed by atoms with Crippen LogP contribution in [0, 0.1) is 0 Å². The first kappa shape index (κ1) is 17.9. The molecular weight excluding hydrogens is 334 g/mol. The minimum Gasteiger partial charge on any atom is -0.495 e. The van der Waals surface area contributed by atoms with Gasteiger partial charge >= 0.3 is 0 Å². The summed E-state index contributed by atoms with van der Waals surface area (Å²) < 4.78 is 32.8. The molecule has 0 aliphatic heterocycles. The van der Waals surface area contributed by atoms with Crippen LogP contribution in [0.2, 0.25) is 0 Å². The van der Waals surface area contributed by atoms with Crippen molar-refractivity contribution in [1.82, 2.24) is 4.72 Å². The number of thiophene rings is 1. The Morgan fingerprint density at radius 1 is 1.35 bits per heavy atom. The van der Waals surface area contributed by atoms with Gasteiger partial charge in [-0.3, -0.25) is 0 Å². The summed E-state index contributed by atoms with van der Waals surface area (Å²) in [6.07, 6.45) is 0.722. The molecule has 0 saturated heterocycles. The molecule has 0 fully saturated rings. The van der Waals surface area contributed by atoms with E-state index in [9.17, 15) is 13.5 Å². The monoisotopic (exact) mass is 355 g/mol. The van der Waals surface area contributed by atoms with Gasteiger partial charge in [0.05, 0.1) is 7.11 Å². The zero-order valence-electron chi connectivity index (χ0n) is 13.4. The molecule has 0 aliphatic rings. The fourth-order valence-corrected chi connectivity index (χ4v) is 4.27. The van der Waals surface area contributed by atoms with Crippen molar-refractivity contribution >= 4 is 21.4 Å². The molecule has 2 aromatic rings. The first-order valence-corrected chi connectivity index (χ1v) is 9.59. The van der Waals surface area contributed by atoms with E-state index >= 15 is 0 Å². The Bertz CT molecular complexity index is 752. The van der Waals surface area contributed by atoms with E-state index in [4.69, 9.17) is 4.74 Å². The number of sulfonamides is 1. The van der Waals surface area contributed by atoms with Gasteiger partial charge in [-0.05, 0) is 42.5 Å². The van der Waals surface area contributed by atoms with Gasteiger partial charge in [-0.1, -0.05) is 19.1 Å². The second kappa shape index (κ2) is 7.00. The molecule has 0 radical (unpaired) electrons. The first-order chi connectivity index (χ1) is 10.8. The molecule has 0 saturated carbocycles. The van der Waals surface area contributed by atoms with Crippen molar-refractivity contribution in [3.8, 4) is 5.75 Å². The van der Waals surface area contributed by atoms with Gasteiger partial charge in [-0.2, -0.15) is 0 Å². The van der Waals surface area contributed by atoms with Crippen LogP contribution < -0.4 is 9.46 Å². The van der Waals surface area contributed by atoms with E-state index in [1.54, 1.807) is 25.1 Å². The Labute approximate surface area is 141 Å². The van der Waals surface area contributed by atoms with Crippen LogP contribution >= 0.6 is 11.3 Å². The topological polar surface area (TPSA) is 75.6 Å². The minimum atomic E-state index is -3.79. The Morgan fingerprint density at radius 3 is 2.65 bits per heavy atom. The number of nitrogens with one attached hydrogen (secondary N) is 1. The maximum Gasteiger partial charge on any atom is 0.244 e. The van der Waals surface area contributed by atoms with Crippen molar-refractivity contribution in [1.29, 1.82) is 0 Å². The summed E-state index contributed by atoms with van der Waals surface area (Å²) in [6.45, 7) is 3.42. The van der Waals surface area contributed by atoms with Crippen LogP contribution in [-0.4, -0.2) is 27.2 Å². The van der Waals surface area contributed by atoms with Gasteiger partial charge in [-0.15, -0.1) is 11.3 Å². The molecule has 126 valence electrons. The highest BCUT2D eigenvalue weighted by atomic mass is 32.2. The summed E-state index contributed by atoms with van der Waals surface area (Å²) in [6, 6.07) is 8.67. The van der Waals surface area contributed by atoms with Crippen LogP contribution in [0.3, 0.4) is 0 Å². The number of hydrogen-bond acceptors (Lipinski definition) is 5. The largest absolute Gasteiger partial charge is 0.495 e. The van der Waals surface area contributed by atoms with E-state index in [1.165, 1.54) is 18.4 Å². The molecule has 0 spiro atoms. The predicted molar refractivity (Wildman–Crippen MR) is 91.5 cm³/mol. The van der Waals surface area contributed by atoms with Gasteiger partial charge in [0, 0.05) is 11.4 Å². The minimum absolute atomic E-state index is 0.0846. The molecule has 7 heteroatoms. The quantitative estimate of drug-likeness (QED) is 0.800. The van der Waals surface area contributed by atoms with Crippen LogP contribution in [0.4, 0.5) is 0 Å². The van der Waals surface area contributed by atoms with Crippen LogP contribution in [-0.2, 0) is 22.0 Å². The number of hydrogen-bond donors (Lipinski definition) is 2. The van der Waals surface area contributed by atoms with Crippen molar-refractivity contribution in [3.63, 3.8) is 0 Å². The molecule has 1 atom stereocenters. The van der Waals surface area contributed by atoms with E-state index in [2.05, 4.69) is 4.72 Å². The lowest BCUT2D eigenvalue weighted by Crippen LogP contribution is -2.38. The number of ether oxygens (including phenoxy) is 1. The third kappa shape index (κ3) is 4.11. The van der Waals surface area contributed by atoms with E-state index in [-0.39, 0.29) is 17.2 Å². The van der Waals surface area contributed by atoms with Gasteiger partial charge in [0.1, 0.15) is 16.2 Å². The summed E-state index contributed by atoms with van der Waals surface area (Å²) in [7, 11) is -2.36. The number of aliphatic hydroxyl groups is 1. The normalized spacial score (nSPS) is 14.4. The Kier molecular flexibility index (Phi) is 5.46. The lowest BCUT2D eigenvalue weighted by atomic mass is 10.1. The van der Waals surface area contributed by atoms with Crippen LogP contribution in [0.25, 0.3) is 0 Å². The number of rotatable bonds is 7. The molecule has 0 aliphatic carbocycles. The Balaban J connectivity index is 2.25. The highest BCUT2D eigenvalue weighted by molar-refractivity contribution is 7.89. The third-order valence-electron chi connectivity index (χ3n) is 3.58. The smallest absolute Gasteiger partial charge is 0.244 e. The molecular formula is C16H21NO4S2. The highest BCUT2D eigenvalue weighted by Crippen LogP contribution is 2.27. The number of benzene rings is 1. The number of aryl methyl sites for hydroxylation is 1. The Hall–Kier alpha value is -1.41. The molecule has 2 rings (SSSR count). The van der Waals surface area contributed by atoms with E-state index in [0.717, 1.165) is 12.0 Å². The molecule has 23 heavy (non-hydrogen) atoms. The zero-order valence-corrected chi connectivity index (χ0v) is 15.0. The van der Waals surface area contributed by atoms with Crippen LogP contribution in [0.1, 0.15) is 24.3 Å². The third-order valence-corrected chi connectivity index (χ3v) is 6.13. The molecule has 0 amide bonds. The average molecular weight is 355 g/mol. The maximum atomic E-state index is 12.6. The van der Waals surface area contributed by atoms with Crippen molar-refractivity contribution in [3.05, 3.63) is 46.2 Å². The van der Waals surface area contributed by atoms with Gasteiger partial charge in [0.2, 0.25) is 10.0 Å². The lowest BCUT2D eigenvalue weighted by molar-refractivity contribution is 0.0666. The van der Waals surface area contributed by atoms with Gasteiger partial charge in [0.15, 0.2) is 0 Å². The van der Waals surface area contributed by atoms with E-state index in [0.29, 0.717) is 4.88 Å². The van der Waals surface area contributed by atoms with Crippen molar-refractivity contribution in [2.75, 3.05) is 13.7 Å². The summed E-state index contributed by atoms with van der Waals surface area (Å²) in [5, 5.41) is 12.3. The lowest BCUT2D eigenvalue weighted by Gasteiger charge is -2.22. The van der Waals surface area contributed by atoms with Gasteiger partial charge in [0.25, 0.3) is 0 Å². The van der Waals surface area contributed by atoms with Crippen molar-refractivity contribution in [2.24, 2.45) is 0 Å². The summed E-state index contributed by atoms with van der Waals surface area (Å²) >= 11 is 1.38. The molecule has 1 heterocycles. The zero-order chi connectivity index (χ0) is 17.1. The molecule has 0 bridgehead atoms. The Morgan fingerprint density at radius 2 is 2.09 bits per heavy atom. The standard InChI is InChI=1S/C16H21NO4S2/c1-4-12-7-8-13(21-3)14(10-12)23(19,20)17-11-16(2,18)15-6-5-9-22-15/h5-10,17-18H,4,11H2,1-3H3. The van der Waals surface area contributed by atoms with Crippen molar-refractivity contribution < 1.29 is 18.3 Å². The second-order valence-corrected chi connectivity index (χ2v) is 8.10. The summed E-state index contributed by atoms with van der Waals surface area (Å²) in [5.74, 6) is 0.283. The fourth-order valence-electron chi connectivity index (χ4n) is 2.14. The van der Waals surface area contributed by atoms with Crippen LogP contribution in [0.5, 0.6) is 5.75 Å². The average Bonchev–Trinajstić information content (AvgIpc) is 3.08. The van der Waals surface area contributed by atoms with E-state index in [1.807, 2.05) is 24.4 Å². The summed E-state index contributed by atoms with van der Waals surface area (Å²) in [5.41, 5.74) is -0.368. The van der Waals surface area contributed by atoms with Crippen LogP contribution in [0.15, 0.2) is 40.6 Å². The maximum absolute atomic E-state index is 12.6. The molecule has 1 unspecified atom stereocenters. The van der Waals surface area contributed by atoms with Gasteiger partial charge in [-0.25, -0.2) is 13.1 Å². The SMILES string of the molecule is CCc1ccc(OC)c(S(=O)(=O)NCC(C)(O)c2cccs2)c1. The van der Waals surface area contributed by atoms with Gasteiger partial charge < -0.3 is 9.84 Å². The molecule has 5 nitrogen and oxygen atoms in total. The first-order valence-electron chi connectivity index (χ1n) is 7.23. The highest BCUT2D eigenvalue weighted by Gasteiger charge is 2.28. The molecule has 1 aromatic heterocycles. The molecule has 2 N–H and O–H groups in total. The fraction of sp³-hybridized carbons (Fsp3) is 0.375. The predicted octanol–water partition coefficient (Wildman–Crippen LogP) is 2.51.